The Kier molecular flexibility index (Phi) is 18.5. The molecule has 15 heteroatoms. The van der Waals surface area contributed by atoms with Gasteiger partial charge in [0.15, 0.2) is 5.78 Å². The number of hydrogen-bond acceptors (Lipinski definition) is 12. The molecule has 6 aromatic rings. The standard InChI is InChI=1S/C60H73N5O8S2/c1-38(40-17-19-42(20-18-40)55-39(2)61-37-74-55)62-58(71)50-34-47(68)36-65(50)59(72)57(60(3,4)5)63-52(69)16-12-7-6-8-13-31-64(44-14-10-9-11-15-44)32-33-73-48-28-23-41(24-29-48)54(70)53-49-30-27-46(67)35-51(49)75-56(53)43-21-25-45(66)26-22-43/h17-30,35,37-38,44,47,50,57,66-68H,6-16,31-34,36H2,1-5H3,(H,62,71)(H,63,69). The van der Waals surface area contributed by atoms with Crippen LogP contribution < -0.4 is 15.4 Å². The van der Waals surface area contributed by atoms with Gasteiger partial charge in [0.1, 0.15) is 35.9 Å². The normalized spacial score (nSPS) is 17.0. The Balaban J connectivity index is 0.778. The Morgan fingerprint density at radius 3 is 2.17 bits per heavy atom. The first-order chi connectivity index (χ1) is 36.0. The van der Waals surface area contributed by atoms with Gasteiger partial charge in [-0.25, -0.2) is 4.98 Å². The van der Waals surface area contributed by atoms with E-state index in [1.165, 1.54) is 48.3 Å². The SMILES string of the molecule is Cc1ncsc1-c1ccc(C(C)NC(=O)C2CC(O)CN2C(=O)C(NC(=O)CCCCCCCN(CCOc2ccc(C(=O)c3c(-c4ccc(O)cc4)sc4cc(O)ccc34)cc2)C2CCCCC2)C(C)(C)C)cc1. The molecule has 13 nitrogen and oxygen atoms in total. The lowest BCUT2D eigenvalue weighted by atomic mass is 9.85. The first kappa shape index (κ1) is 55.1. The van der Waals surface area contributed by atoms with E-state index in [0.29, 0.717) is 42.4 Å². The number of carbonyl (C=O) groups is 4. The molecule has 1 saturated carbocycles. The topological polar surface area (TPSA) is 182 Å². The number of ketones is 1. The van der Waals surface area contributed by atoms with Crippen LogP contribution in [-0.2, 0) is 14.4 Å². The number of aromatic hydroxyl groups is 2. The van der Waals surface area contributed by atoms with Gasteiger partial charge in [0.05, 0.1) is 28.2 Å². The number of phenols is 2. The number of carbonyl (C=O) groups excluding carboxylic acids is 4. The summed E-state index contributed by atoms with van der Waals surface area (Å²) in [4.78, 5) is 65.8. The molecular weight excluding hydrogens is 983 g/mol. The predicted molar refractivity (Wildman–Crippen MR) is 298 cm³/mol. The number of fused-ring (bicyclic) bond motifs is 1. The Labute approximate surface area is 449 Å². The summed E-state index contributed by atoms with van der Waals surface area (Å²) in [7, 11) is 0. The lowest BCUT2D eigenvalue weighted by Crippen LogP contribution is -2.57. The number of hydrogen-bond donors (Lipinski definition) is 5. The van der Waals surface area contributed by atoms with E-state index in [9.17, 15) is 34.5 Å². The third kappa shape index (κ3) is 14.0. The number of aliphatic hydroxyl groups excluding tert-OH is 1. The second-order valence-electron chi connectivity index (χ2n) is 21.5. The number of nitrogens with zero attached hydrogens (tertiary/aromatic N) is 3. The minimum atomic E-state index is -0.870. The van der Waals surface area contributed by atoms with Crippen molar-refractivity contribution in [1.29, 1.82) is 0 Å². The molecule has 1 saturated heterocycles. The largest absolute Gasteiger partial charge is 0.508 e. The Bertz CT molecular complexity index is 2890. The number of rotatable bonds is 22. The number of aliphatic hydroxyl groups is 1. The zero-order valence-corrected chi connectivity index (χ0v) is 45.6. The average molecular weight is 1060 g/mol. The molecule has 0 radical (unpaired) electrons. The summed E-state index contributed by atoms with van der Waals surface area (Å²) in [5.74, 6) is -0.0467. The highest BCUT2D eigenvalue weighted by Crippen LogP contribution is 2.42. The number of aromatic nitrogens is 1. The summed E-state index contributed by atoms with van der Waals surface area (Å²) < 4.78 is 7.09. The molecule has 0 spiro atoms. The van der Waals surface area contributed by atoms with Gasteiger partial charge in [-0.1, -0.05) is 83.6 Å². The monoisotopic (exact) mass is 1060 g/mol. The van der Waals surface area contributed by atoms with Gasteiger partial charge in [-0.3, -0.25) is 24.1 Å². The molecule has 2 fully saturated rings. The molecule has 398 valence electrons. The first-order valence-corrected chi connectivity index (χ1v) is 28.4. The number of phenolic OH excluding ortho intramolecular Hbond substituents is 2. The maximum atomic E-state index is 14.2. The number of aryl methyl sites for hydroxylation is 1. The third-order valence-corrected chi connectivity index (χ3v) is 17.0. The van der Waals surface area contributed by atoms with Crippen molar-refractivity contribution < 1.29 is 39.2 Å². The van der Waals surface area contributed by atoms with Crippen LogP contribution in [-0.4, -0.2) is 104 Å². The number of ether oxygens (including phenoxy) is 1. The number of thiazole rings is 1. The highest BCUT2D eigenvalue weighted by molar-refractivity contribution is 7.22. The Morgan fingerprint density at radius 2 is 1.48 bits per heavy atom. The summed E-state index contributed by atoms with van der Waals surface area (Å²) in [5.41, 5.74) is 6.05. The van der Waals surface area contributed by atoms with Gasteiger partial charge in [-0.15, -0.1) is 22.7 Å². The van der Waals surface area contributed by atoms with Gasteiger partial charge in [-0.05, 0) is 135 Å². The number of unbranched alkanes of at least 4 members (excludes halogenated alkanes) is 4. The fourth-order valence-electron chi connectivity index (χ4n) is 10.6. The van der Waals surface area contributed by atoms with Gasteiger partial charge in [0.25, 0.3) is 0 Å². The highest BCUT2D eigenvalue weighted by atomic mass is 32.1. The van der Waals surface area contributed by atoms with Crippen LogP contribution in [0.5, 0.6) is 17.2 Å². The van der Waals surface area contributed by atoms with Crippen LogP contribution >= 0.6 is 22.7 Å². The van der Waals surface area contributed by atoms with Crippen molar-refractivity contribution in [3.05, 3.63) is 119 Å². The maximum absolute atomic E-state index is 14.2. The van der Waals surface area contributed by atoms with E-state index in [-0.39, 0.29) is 54.0 Å². The molecule has 2 aliphatic rings. The zero-order chi connectivity index (χ0) is 53.2. The number of thiophene rings is 1. The second kappa shape index (κ2) is 25.1. The van der Waals surface area contributed by atoms with Gasteiger partial charge >= 0.3 is 0 Å². The predicted octanol–water partition coefficient (Wildman–Crippen LogP) is 11.4. The van der Waals surface area contributed by atoms with Crippen molar-refractivity contribution in [3.8, 4) is 38.1 Å². The molecule has 1 aliphatic heterocycles. The lowest BCUT2D eigenvalue weighted by Gasteiger charge is -2.35. The lowest BCUT2D eigenvalue weighted by molar-refractivity contribution is -0.144. The summed E-state index contributed by atoms with van der Waals surface area (Å²) in [6.07, 6.45) is 10.3. The van der Waals surface area contributed by atoms with E-state index in [2.05, 4.69) is 20.5 Å². The quantitative estimate of drug-likeness (QED) is 0.0324. The van der Waals surface area contributed by atoms with E-state index in [4.69, 9.17) is 4.74 Å². The molecule has 4 unspecified atom stereocenters. The molecule has 3 heterocycles. The number of amides is 3. The molecule has 2 aromatic heterocycles. The van der Waals surface area contributed by atoms with Crippen molar-refractivity contribution in [1.82, 2.24) is 25.4 Å². The zero-order valence-electron chi connectivity index (χ0n) is 44.0. The molecule has 4 atom stereocenters. The Hall–Kier alpha value is -6.13. The smallest absolute Gasteiger partial charge is 0.246 e. The van der Waals surface area contributed by atoms with E-state index in [1.54, 1.807) is 65.9 Å². The summed E-state index contributed by atoms with van der Waals surface area (Å²) in [6, 6.07) is 25.6. The molecule has 75 heavy (non-hydrogen) atoms. The van der Waals surface area contributed by atoms with E-state index >= 15 is 0 Å². The minimum Gasteiger partial charge on any atom is -0.508 e. The van der Waals surface area contributed by atoms with E-state index in [0.717, 1.165) is 81.0 Å². The van der Waals surface area contributed by atoms with Crippen molar-refractivity contribution in [2.75, 3.05) is 26.2 Å². The molecular formula is C60H73N5O8S2. The van der Waals surface area contributed by atoms with Crippen LogP contribution in [0.1, 0.15) is 138 Å². The number of β-amino-alcohol motifs (C(OH)–C–C–N with tert-alkyl or cyclic N) is 1. The summed E-state index contributed by atoms with van der Waals surface area (Å²) in [5, 5.41) is 37.7. The fraction of sp³-hybridized carbons (Fsp3) is 0.450. The Morgan fingerprint density at radius 1 is 0.813 bits per heavy atom. The fourth-order valence-corrected chi connectivity index (χ4v) is 12.6. The van der Waals surface area contributed by atoms with Crippen molar-refractivity contribution in [2.24, 2.45) is 5.41 Å². The van der Waals surface area contributed by atoms with Gasteiger partial charge < -0.3 is 35.6 Å². The highest BCUT2D eigenvalue weighted by Gasteiger charge is 2.44. The molecule has 5 N–H and O–H groups in total. The molecule has 3 amide bonds. The molecule has 0 bridgehead atoms. The third-order valence-electron chi connectivity index (χ3n) is 14.8. The van der Waals surface area contributed by atoms with Crippen LogP contribution in [0, 0.1) is 12.3 Å². The molecule has 1 aliphatic carbocycles. The van der Waals surface area contributed by atoms with Crippen LogP contribution in [0.25, 0.3) is 31.0 Å². The number of benzene rings is 4. The van der Waals surface area contributed by atoms with Gasteiger partial charge in [-0.2, -0.15) is 0 Å². The minimum absolute atomic E-state index is 0.0219. The molecule has 8 rings (SSSR count). The van der Waals surface area contributed by atoms with E-state index in [1.807, 2.05) is 76.5 Å². The van der Waals surface area contributed by atoms with Gasteiger partial charge in [0.2, 0.25) is 17.7 Å². The average Bonchev–Trinajstić information content (AvgIpc) is 4.14. The summed E-state index contributed by atoms with van der Waals surface area (Å²) in [6.45, 7) is 11.9. The maximum Gasteiger partial charge on any atom is 0.246 e. The van der Waals surface area contributed by atoms with Crippen molar-refractivity contribution in [3.63, 3.8) is 0 Å². The number of likely N-dealkylation sites (tertiary alicyclic amines) is 1. The molecule has 4 aromatic carbocycles. The van der Waals surface area contributed by atoms with Crippen molar-refractivity contribution in [2.45, 2.75) is 142 Å². The van der Waals surface area contributed by atoms with Crippen LogP contribution in [0.15, 0.2) is 96.5 Å². The van der Waals surface area contributed by atoms with Crippen LogP contribution in [0.3, 0.4) is 0 Å². The first-order valence-electron chi connectivity index (χ1n) is 26.7. The second-order valence-corrected chi connectivity index (χ2v) is 23.4. The van der Waals surface area contributed by atoms with Gasteiger partial charge in [0, 0.05) is 58.1 Å². The summed E-state index contributed by atoms with van der Waals surface area (Å²) >= 11 is 3.02. The van der Waals surface area contributed by atoms with Crippen molar-refractivity contribution >= 4 is 56.3 Å². The van der Waals surface area contributed by atoms with Crippen LogP contribution in [0.4, 0.5) is 0 Å². The number of nitrogens with one attached hydrogen (secondary N) is 2. The van der Waals surface area contributed by atoms with Crippen LogP contribution in [0.2, 0.25) is 0 Å². The van der Waals surface area contributed by atoms with E-state index < -0.39 is 23.6 Å².